The van der Waals surface area contributed by atoms with E-state index in [0.29, 0.717) is 5.02 Å². The fourth-order valence-electron chi connectivity index (χ4n) is 1.12. The summed E-state index contributed by atoms with van der Waals surface area (Å²) in [6.07, 6.45) is 0.285. The summed E-state index contributed by atoms with van der Waals surface area (Å²) in [4.78, 5) is 12.8. The summed E-state index contributed by atoms with van der Waals surface area (Å²) in [6.45, 7) is 1.96. The second-order valence-electron chi connectivity index (χ2n) is 2.76. The molecule has 0 aliphatic carbocycles. The van der Waals surface area contributed by atoms with E-state index in [4.69, 9.17) is 11.6 Å². The van der Waals surface area contributed by atoms with Crippen LogP contribution in [0.1, 0.15) is 24.3 Å². The summed E-state index contributed by atoms with van der Waals surface area (Å²) in [5.74, 6) is 0. The molecule has 1 aromatic carbocycles. The molecule has 4 heteroatoms. The maximum Gasteiger partial charge on any atom is 0.238 e. The number of alkyl halides is 1. The quantitative estimate of drug-likeness (QED) is 0.431. The first-order valence-corrected chi connectivity index (χ1v) is 4.56. The highest BCUT2D eigenvalue weighted by molar-refractivity contribution is 6.31. The Kier molecular flexibility index (Phi) is 3.81. The van der Waals surface area contributed by atoms with Crippen molar-refractivity contribution in [2.75, 3.05) is 0 Å². The van der Waals surface area contributed by atoms with E-state index in [9.17, 15) is 9.18 Å². The second-order valence-corrected chi connectivity index (χ2v) is 3.17. The van der Waals surface area contributed by atoms with E-state index >= 15 is 0 Å². The Balaban J connectivity index is 3.01. The molecule has 1 unspecified atom stereocenters. The van der Waals surface area contributed by atoms with Crippen LogP contribution in [0, 0.1) is 0 Å². The maximum atomic E-state index is 13.1. The van der Waals surface area contributed by atoms with Crippen molar-refractivity contribution >= 4 is 17.7 Å². The van der Waals surface area contributed by atoms with E-state index in [1.807, 2.05) is 6.92 Å². The molecule has 1 rings (SSSR count). The summed E-state index contributed by atoms with van der Waals surface area (Å²) in [5.41, 5.74) is 1.22. The van der Waals surface area contributed by atoms with Crippen LogP contribution in [0.15, 0.2) is 23.2 Å². The Morgan fingerprint density at radius 2 is 2.36 bits per heavy atom. The number of halogens is 2. The molecule has 0 fully saturated rings. The van der Waals surface area contributed by atoms with E-state index in [0.717, 1.165) is 12.0 Å². The zero-order chi connectivity index (χ0) is 10.6. The van der Waals surface area contributed by atoms with Gasteiger partial charge >= 0.3 is 0 Å². The summed E-state index contributed by atoms with van der Waals surface area (Å²) >= 11 is 5.87. The molecule has 0 aromatic heterocycles. The lowest BCUT2D eigenvalue weighted by atomic mass is 10.1. The number of benzene rings is 1. The van der Waals surface area contributed by atoms with Gasteiger partial charge in [0.05, 0.1) is 0 Å². The molecule has 0 saturated heterocycles. The van der Waals surface area contributed by atoms with Crippen molar-refractivity contribution in [3.8, 4) is 0 Å². The van der Waals surface area contributed by atoms with Crippen molar-refractivity contribution in [2.45, 2.75) is 19.6 Å². The van der Waals surface area contributed by atoms with Gasteiger partial charge in [0.2, 0.25) is 12.4 Å². The number of carbonyl (C=O) groups excluding carboxylic acids is 1. The van der Waals surface area contributed by atoms with Crippen LogP contribution in [0.2, 0.25) is 5.02 Å². The van der Waals surface area contributed by atoms with Gasteiger partial charge in [-0.2, -0.15) is 4.99 Å². The van der Waals surface area contributed by atoms with Crippen molar-refractivity contribution in [2.24, 2.45) is 4.99 Å². The summed E-state index contributed by atoms with van der Waals surface area (Å²) in [6, 6.07) is 4.77. The number of hydrogen-bond donors (Lipinski definition) is 0. The van der Waals surface area contributed by atoms with Crippen molar-refractivity contribution in [1.29, 1.82) is 0 Å². The lowest BCUT2D eigenvalue weighted by molar-refractivity contribution is 0.356. The van der Waals surface area contributed by atoms with Crippen LogP contribution >= 0.6 is 11.6 Å². The Morgan fingerprint density at radius 1 is 1.64 bits per heavy atom. The third kappa shape index (κ3) is 2.41. The lowest BCUT2D eigenvalue weighted by Crippen LogP contribution is -1.90. The van der Waals surface area contributed by atoms with Gasteiger partial charge in [-0.1, -0.05) is 30.7 Å². The molecule has 0 radical (unpaired) electrons. The van der Waals surface area contributed by atoms with Gasteiger partial charge in [0, 0.05) is 10.6 Å². The fraction of sp³-hybridized carbons (Fsp3) is 0.300. The lowest BCUT2D eigenvalue weighted by Gasteiger charge is -2.05. The number of aliphatic imine (C=N–C) groups is 1. The number of hydrogen-bond acceptors (Lipinski definition) is 2. The van der Waals surface area contributed by atoms with Crippen LogP contribution in [-0.4, -0.2) is 6.08 Å². The first-order chi connectivity index (χ1) is 6.69. The summed E-state index contributed by atoms with van der Waals surface area (Å²) in [7, 11) is 0. The third-order valence-electron chi connectivity index (χ3n) is 1.90. The number of isocyanates is 1. The average Bonchev–Trinajstić information content (AvgIpc) is 2.18. The molecule has 0 aliphatic heterocycles. The Morgan fingerprint density at radius 3 is 2.86 bits per heavy atom. The van der Waals surface area contributed by atoms with Crippen molar-refractivity contribution < 1.29 is 9.18 Å². The average molecular weight is 214 g/mol. The van der Waals surface area contributed by atoms with Gasteiger partial charge in [-0.15, -0.1) is 0 Å². The van der Waals surface area contributed by atoms with Gasteiger partial charge in [0.1, 0.15) is 0 Å². The van der Waals surface area contributed by atoms with E-state index in [1.165, 1.54) is 12.1 Å². The van der Waals surface area contributed by atoms with Gasteiger partial charge in [-0.05, 0) is 18.1 Å². The summed E-state index contributed by atoms with van der Waals surface area (Å²) < 4.78 is 13.1. The molecule has 0 heterocycles. The van der Waals surface area contributed by atoms with Gasteiger partial charge in [-0.25, -0.2) is 9.18 Å². The highest BCUT2D eigenvalue weighted by Crippen LogP contribution is 2.24. The van der Waals surface area contributed by atoms with Gasteiger partial charge < -0.3 is 0 Å². The van der Waals surface area contributed by atoms with Crippen molar-refractivity contribution in [3.63, 3.8) is 0 Å². The zero-order valence-electron chi connectivity index (χ0n) is 7.63. The molecule has 0 aliphatic rings. The van der Waals surface area contributed by atoms with E-state index in [2.05, 4.69) is 4.99 Å². The van der Waals surface area contributed by atoms with E-state index in [1.54, 1.807) is 12.1 Å². The molecule has 2 nitrogen and oxygen atoms in total. The first-order valence-electron chi connectivity index (χ1n) is 4.18. The van der Waals surface area contributed by atoms with Gasteiger partial charge in [0.25, 0.3) is 0 Å². The molecule has 14 heavy (non-hydrogen) atoms. The Hall–Kier alpha value is -1.18. The van der Waals surface area contributed by atoms with Crippen LogP contribution < -0.4 is 0 Å². The molecule has 1 atom stereocenters. The fourth-order valence-corrected chi connectivity index (χ4v) is 1.44. The monoisotopic (exact) mass is 213 g/mol. The second kappa shape index (κ2) is 4.89. The Bertz CT molecular complexity index is 374. The third-order valence-corrected chi connectivity index (χ3v) is 2.25. The van der Waals surface area contributed by atoms with Crippen molar-refractivity contribution in [1.82, 2.24) is 0 Å². The van der Waals surface area contributed by atoms with Crippen molar-refractivity contribution in [3.05, 3.63) is 34.3 Å². The molecule has 0 spiro atoms. The minimum atomic E-state index is -1.67. The minimum Gasteiger partial charge on any atom is -0.215 e. The zero-order valence-corrected chi connectivity index (χ0v) is 8.38. The predicted molar refractivity (Wildman–Crippen MR) is 52.8 cm³/mol. The normalized spacial score (nSPS) is 11.9. The van der Waals surface area contributed by atoms with Crippen LogP contribution in [-0.2, 0) is 11.2 Å². The van der Waals surface area contributed by atoms with Crippen LogP contribution in [0.5, 0.6) is 0 Å². The van der Waals surface area contributed by atoms with Crippen LogP contribution in [0.25, 0.3) is 0 Å². The number of nitrogens with zero attached hydrogens (tertiary/aromatic N) is 1. The van der Waals surface area contributed by atoms with Crippen LogP contribution in [0.3, 0.4) is 0 Å². The smallest absolute Gasteiger partial charge is 0.215 e. The molecule has 74 valence electrons. The minimum absolute atomic E-state index is 0.274. The molecule has 0 amide bonds. The number of rotatable bonds is 3. The largest absolute Gasteiger partial charge is 0.238 e. The maximum absolute atomic E-state index is 13.1. The molecule has 0 N–H and O–H groups in total. The highest BCUT2D eigenvalue weighted by atomic mass is 35.5. The molecule has 0 bridgehead atoms. The first kappa shape index (κ1) is 10.9. The standard InChI is InChI=1S/C10H9ClFNO/c1-2-7-3-4-8(5-9(7)11)10(12)13-6-14/h3-5,10H,2H2,1H3. The highest BCUT2D eigenvalue weighted by Gasteiger charge is 2.09. The molecule has 0 saturated carbocycles. The van der Waals surface area contributed by atoms with Gasteiger partial charge in [0.15, 0.2) is 0 Å². The predicted octanol–water partition coefficient (Wildman–Crippen LogP) is 3.21. The Labute approximate surface area is 86.4 Å². The SMILES string of the molecule is CCc1ccc(C(F)N=C=O)cc1Cl. The van der Waals surface area contributed by atoms with E-state index in [-0.39, 0.29) is 5.56 Å². The van der Waals surface area contributed by atoms with E-state index < -0.39 is 6.30 Å². The summed E-state index contributed by atoms with van der Waals surface area (Å²) in [5, 5.41) is 0.494. The number of aryl methyl sites for hydroxylation is 1. The van der Waals surface area contributed by atoms with Gasteiger partial charge in [-0.3, -0.25) is 0 Å². The molecular formula is C10H9ClFNO. The van der Waals surface area contributed by atoms with Crippen LogP contribution in [0.4, 0.5) is 4.39 Å². The molecular weight excluding hydrogens is 205 g/mol. The molecule has 1 aromatic rings. The topological polar surface area (TPSA) is 29.4 Å².